The third kappa shape index (κ3) is 32.1. The molecule has 0 heterocycles. The average molecular weight is 529 g/mol. The molecule has 1 atom stereocenters. The SMILES string of the molecule is CCCCCCCC/C=C\CCCCCCCCOP(O)OCCCCCCCCCCCCCC. The summed E-state index contributed by atoms with van der Waals surface area (Å²) in [5.74, 6) is 0. The summed E-state index contributed by atoms with van der Waals surface area (Å²) in [7, 11) is -1.67. The van der Waals surface area contributed by atoms with Crippen molar-refractivity contribution in [1.82, 2.24) is 0 Å². The first kappa shape index (κ1) is 36.0. The molecule has 0 aliphatic rings. The van der Waals surface area contributed by atoms with E-state index in [1.54, 1.807) is 0 Å². The Kier molecular flexibility index (Phi) is 33.1. The van der Waals surface area contributed by atoms with E-state index in [2.05, 4.69) is 26.0 Å². The quantitative estimate of drug-likeness (QED) is 0.0552. The Bertz CT molecular complexity index is 416. The van der Waals surface area contributed by atoms with E-state index in [1.165, 1.54) is 154 Å². The van der Waals surface area contributed by atoms with Crippen molar-refractivity contribution in [3.8, 4) is 0 Å². The third-order valence-corrected chi connectivity index (χ3v) is 7.86. The Morgan fingerprint density at radius 3 is 1.03 bits per heavy atom. The van der Waals surface area contributed by atoms with Gasteiger partial charge in [-0.1, -0.05) is 154 Å². The highest BCUT2D eigenvalue weighted by atomic mass is 31.2. The van der Waals surface area contributed by atoms with Gasteiger partial charge in [0.05, 0.1) is 13.2 Å². The lowest BCUT2D eigenvalue weighted by molar-refractivity contribution is 0.193. The van der Waals surface area contributed by atoms with Gasteiger partial charge < -0.3 is 13.9 Å². The van der Waals surface area contributed by atoms with Gasteiger partial charge in [-0.15, -0.1) is 0 Å². The summed E-state index contributed by atoms with van der Waals surface area (Å²) in [5, 5.41) is 0. The van der Waals surface area contributed by atoms with Crippen molar-refractivity contribution in [2.24, 2.45) is 0 Å². The van der Waals surface area contributed by atoms with E-state index in [4.69, 9.17) is 9.05 Å². The fourth-order valence-corrected chi connectivity index (χ4v) is 5.26. The molecule has 0 aliphatic carbocycles. The van der Waals surface area contributed by atoms with Gasteiger partial charge in [-0.05, 0) is 38.5 Å². The average Bonchev–Trinajstić information content (AvgIpc) is 2.88. The minimum absolute atomic E-state index is 0.627. The molecular formula is C32H65O3P. The largest absolute Gasteiger partial charge is 0.329 e. The predicted octanol–water partition coefficient (Wildman–Crippen LogP) is 12.0. The molecule has 0 amide bonds. The Morgan fingerprint density at radius 2 is 0.694 bits per heavy atom. The van der Waals surface area contributed by atoms with Crippen molar-refractivity contribution in [3.63, 3.8) is 0 Å². The molecule has 0 saturated heterocycles. The summed E-state index contributed by atoms with van der Waals surface area (Å²) in [4.78, 5) is 9.87. The van der Waals surface area contributed by atoms with Crippen LogP contribution in [0.3, 0.4) is 0 Å². The van der Waals surface area contributed by atoms with Crippen LogP contribution in [0.2, 0.25) is 0 Å². The molecule has 0 spiro atoms. The zero-order valence-corrected chi connectivity index (χ0v) is 25.6. The third-order valence-electron chi connectivity index (χ3n) is 7.06. The van der Waals surface area contributed by atoms with Crippen LogP contribution in [-0.2, 0) is 9.05 Å². The van der Waals surface area contributed by atoms with Crippen LogP contribution in [0.1, 0.15) is 181 Å². The molecular weight excluding hydrogens is 463 g/mol. The highest BCUT2D eigenvalue weighted by Crippen LogP contribution is 2.33. The monoisotopic (exact) mass is 528 g/mol. The molecule has 36 heavy (non-hydrogen) atoms. The van der Waals surface area contributed by atoms with Crippen LogP contribution in [0.5, 0.6) is 0 Å². The van der Waals surface area contributed by atoms with E-state index in [-0.39, 0.29) is 0 Å². The molecule has 0 bridgehead atoms. The second-order valence-electron chi connectivity index (χ2n) is 10.7. The van der Waals surface area contributed by atoms with E-state index >= 15 is 0 Å². The maximum Gasteiger partial charge on any atom is 0.329 e. The minimum Gasteiger partial charge on any atom is -0.328 e. The van der Waals surface area contributed by atoms with Crippen molar-refractivity contribution >= 4 is 8.60 Å². The lowest BCUT2D eigenvalue weighted by Gasteiger charge is -2.10. The fourth-order valence-electron chi connectivity index (χ4n) is 4.62. The van der Waals surface area contributed by atoms with Crippen molar-refractivity contribution in [2.45, 2.75) is 181 Å². The van der Waals surface area contributed by atoms with Crippen LogP contribution in [0.25, 0.3) is 0 Å². The number of hydrogen-bond acceptors (Lipinski definition) is 3. The second-order valence-corrected chi connectivity index (χ2v) is 11.7. The zero-order chi connectivity index (χ0) is 26.2. The highest BCUT2D eigenvalue weighted by Gasteiger charge is 2.05. The van der Waals surface area contributed by atoms with E-state index < -0.39 is 8.60 Å². The number of rotatable bonds is 31. The molecule has 0 aromatic carbocycles. The van der Waals surface area contributed by atoms with Crippen molar-refractivity contribution in [2.75, 3.05) is 13.2 Å². The predicted molar refractivity (Wildman–Crippen MR) is 162 cm³/mol. The van der Waals surface area contributed by atoms with Crippen LogP contribution in [-0.4, -0.2) is 18.1 Å². The molecule has 0 aliphatic heterocycles. The second kappa shape index (κ2) is 33.1. The molecule has 4 heteroatoms. The summed E-state index contributed by atoms with van der Waals surface area (Å²) in [6.07, 6.45) is 39.2. The minimum atomic E-state index is -1.67. The molecule has 0 fully saturated rings. The Labute approximate surface area is 228 Å². The molecule has 216 valence electrons. The summed E-state index contributed by atoms with van der Waals surface area (Å²) >= 11 is 0. The van der Waals surface area contributed by atoms with Crippen molar-refractivity contribution in [3.05, 3.63) is 12.2 Å². The van der Waals surface area contributed by atoms with Crippen molar-refractivity contribution < 1.29 is 13.9 Å². The Morgan fingerprint density at radius 1 is 0.417 bits per heavy atom. The van der Waals surface area contributed by atoms with Gasteiger partial charge in [0.2, 0.25) is 0 Å². The lowest BCUT2D eigenvalue weighted by Crippen LogP contribution is -1.95. The van der Waals surface area contributed by atoms with E-state index in [9.17, 15) is 4.89 Å². The molecule has 1 N–H and O–H groups in total. The summed E-state index contributed by atoms with van der Waals surface area (Å²) in [6, 6.07) is 0. The van der Waals surface area contributed by atoms with Crippen LogP contribution in [0, 0.1) is 0 Å². The van der Waals surface area contributed by atoms with Crippen molar-refractivity contribution in [1.29, 1.82) is 0 Å². The Balaban J connectivity index is 3.18. The van der Waals surface area contributed by atoms with E-state index in [0.717, 1.165) is 12.8 Å². The molecule has 0 aromatic heterocycles. The van der Waals surface area contributed by atoms with Crippen LogP contribution >= 0.6 is 8.60 Å². The first-order valence-corrected chi connectivity index (χ1v) is 17.3. The molecule has 3 nitrogen and oxygen atoms in total. The van der Waals surface area contributed by atoms with E-state index in [1.807, 2.05) is 0 Å². The Hall–Kier alpha value is 0.0500. The zero-order valence-electron chi connectivity index (χ0n) is 24.7. The molecule has 0 saturated carbocycles. The maximum atomic E-state index is 9.87. The highest BCUT2D eigenvalue weighted by molar-refractivity contribution is 7.40. The fraction of sp³-hybridized carbons (Fsp3) is 0.938. The first-order chi connectivity index (χ1) is 17.8. The van der Waals surface area contributed by atoms with E-state index in [0.29, 0.717) is 13.2 Å². The number of hydrogen-bond donors (Lipinski definition) is 1. The molecule has 1 unspecified atom stereocenters. The summed E-state index contributed by atoms with van der Waals surface area (Å²) in [6.45, 7) is 5.82. The van der Waals surface area contributed by atoms with Crippen LogP contribution in [0.4, 0.5) is 0 Å². The van der Waals surface area contributed by atoms with Gasteiger partial charge >= 0.3 is 8.60 Å². The van der Waals surface area contributed by atoms with Gasteiger partial charge in [-0.3, -0.25) is 0 Å². The standard InChI is InChI=1S/C32H65O3P/c1-3-5-7-9-11-13-15-17-18-19-20-22-24-26-28-30-32-35-36(33)34-31-29-27-25-23-21-16-14-12-10-8-6-4-2/h17-18,33H,3-16,19-32H2,1-2H3/b18-17-. The van der Waals surface area contributed by atoms with Gasteiger partial charge in [-0.2, -0.15) is 0 Å². The maximum absolute atomic E-state index is 9.87. The van der Waals surface area contributed by atoms with Gasteiger partial charge in [0.15, 0.2) is 0 Å². The van der Waals surface area contributed by atoms with Crippen LogP contribution < -0.4 is 0 Å². The molecule has 0 aromatic rings. The first-order valence-electron chi connectivity index (χ1n) is 16.2. The van der Waals surface area contributed by atoms with Gasteiger partial charge in [0, 0.05) is 0 Å². The van der Waals surface area contributed by atoms with Crippen LogP contribution in [0.15, 0.2) is 12.2 Å². The number of allylic oxidation sites excluding steroid dienone is 2. The topological polar surface area (TPSA) is 38.7 Å². The molecule has 0 rings (SSSR count). The van der Waals surface area contributed by atoms with Gasteiger partial charge in [0.25, 0.3) is 0 Å². The van der Waals surface area contributed by atoms with Gasteiger partial charge in [-0.25, -0.2) is 0 Å². The van der Waals surface area contributed by atoms with Gasteiger partial charge in [0.1, 0.15) is 0 Å². The number of unbranched alkanes of at least 4 members (excludes halogenated alkanes) is 23. The smallest absolute Gasteiger partial charge is 0.328 e. The molecule has 0 radical (unpaired) electrons. The summed E-state index contributed by atoms with van der Waals surface area (Å²) < 4.78 is 10.9. The normalized spacial score (nSPS) is 12.6. The lowest BCUT2D eigenvalue weighted by atomic mass is 10.1. The summed E-state index contributed by atoms with van der Waals surface area (Å²) in [5.41, 5.74) is 0.